The zero-order valence-corrected chi connectivity index (χ0v) is 8.90. The molecule has 1 N–H and O–H groups in total. The molecule has 1 saturated heterocycles. The van der Waals surface area contributed by atoms with E-state index in [2.05, 4.69) is 0 Å². The van der Waals surface area contributed by atoms with Crippen molar-refractivity contribution < 1.29 is 19.4 Å². The van der Waals surface area contributed by atoms with Crippen LogP contribution in [0.3, 0.4) is 0 Å². The molecule has 0 aromatic heterocycles. The number of benzene rings is 1. The average molecular weight is 242 g/mol. The maximum absolute atomic E-state index is 11.3. The van der Waals surface area contributed by atoms with Crippen molar-refractivity contribution in [3.63, 3.8) is 0 Å². The van der Waals surface area contributed by atoms with E-state index >= 15 is 0 Å². The Hall–Kier alpha value is -1.75. The Morgan fingerprint density at radius 1 is 1.44 bits per heavy atom. The molecule has 0 radical (unpaired) electrons. The van der Waals surface area contributed by atoms with E-state index in [4.69, 9.17) is 21.4 Å². The predicted molar refractivity (Wildman–Crippen MR) is 57.1 cm³/mol. The lowest BCUT2D eigenvalue weighted by molar-refractivity contribution is 0.0697. The summed E-state index contributed by atoms with van der Waals surface area (Å²) in [7, 11) is 0. The molecule has 0 spiro atoms. The highest BCUT2D eigenvalue weighted by Gasteiger charge is 2.24. The van der Waals surface area contributed by atoms with Crippen molar-refractivity contribution in [1.29, 1.82) is 0 Å². The molecule has 1 fully saturated rings. The number of rotatable bonds is 2. The first-order chi connectivity index (χ1) is 7.58. The van der Waals surface area contributed by atoms with Crippen molar-refractivity contribution in [3.8, 4) is 0 Å². The Morgan fingerprint density at radius 3 is 2.75 bits per heavy atom. The average Bonchev–Trinajstić information content (AvgIpc) is 2.63. The fraction of sp³-hybridized carbons (Fsp3) is 0.200. The lowest BCUT2D eigenvalue weighted by Crippen LogP contribution is -2.23. The molecule has 0 unspecified atom stereocenters. The summed E-state index contributed by atoms with van der Waals surface area (Å²) in [4.78, 5) is 23.4. The van der Waals surface area contributed by atoms with Crippen LogP contribution in [0.1, 0.15) is 10.4 Å². The van der Waals surface area contributed by atoms with Crippen LogP contribution >= 0.6 is 11.6 Å². The smallest absolute Gasteiger partial charge is 0.414 e. The summed E-state index contributed by atoms with van der Waals surface area (Å²) in [5.74, 6) is -1.09. The quantitative estimate of drug-likeness (QED) is 0.860. The number of halogens is 1. The van der Waals surface area contributed by atoms with Gasteiger partial charge in [-0.15, -0.1) is 0 Å². The van der Waals surface area contributed by atoms with Crippen LogP contribution in [0.2, 0.25) is 5.02 Å². The number of aromatic carboxylic acids is 1. The van der Waals surface area contributed by atoms with Crippen LogP contribution in [-0.4, -0.2) is 30.3 Å². The van der Waals surface area contributed by atoms with E-state index in [1.807, 2.05) is 0 Å². The lowest BCUT2D eigenvalue weighted by Gasteiger charge is -2.13. The number of anilines is 1. The summed E-state index contributed by atoms with van der Waals surface area (Å²) in [6, 6.07) is 4.25. The number of cyclic esters (lactones) is 1. The topological polar surface area (TPSA) is 66.8 Å². The molecule has 16 heavy (non-hydrogen) atoms. The Morgan fingerprint density at radius 2 is 2.19 bits per heavy atom. The number of nitrogens with zero attached hydrogens (tertiary/aromatic N) is 1. The molecular formula is C10H8ClNO4. The van der Waals surface area contributed by atoms with Gasteiger partial charge in [-0.3, -0.25) is 4.90 Å². The fourth-order valence-corrected chi connectivity index (χ4v) is 1.71. The second-order valence-corrected chi connectivity index (χ2v) is 3.71. The number of hydrogen-bond acceptors (Lipinski definition) is 3. The molecule has 84 valence electrons. The summed E-state index contributed by atoms with van der Waals surface area (Å²) in [5.41, 5.74) is 0.481. The molecule has 0 bridgehead atoms. The number of carbonyl (C=O) groups excluding carboxylic acids is 1. The van der Waals surface area contributed by atoms with Gasteiger partial charge in [0.25, 0.3) is 0 Å². The van der Waals surface area contributed by atoms with E-state index in [1.165, 1.54) is 23.1 Å². The van der Waals surface area contributed by atoms with E-state index in [9.17, 15) is 9.59 Å². The number of ether oxygens (including phenoxy) is 1. The number of carboxylic acid groups (broad SMARTS) is 1. The third-order valence-electron chi connectivity index (χ3n) is 2.20. The minimum atomic E-state index is -1.09. The summed E-state index contributed by atoms with van der Waals surface area (Å²) < 4.78 is 4.76. The van der Waals surface area contributed by atoms with Crippen molar-refractivity contribution >= 4 is 29.4 Å². The van der Waals surface area contributed by atoms with Crippen molar-refractivity contribution in [1.82, 2.24) is 0 Å². The number of amides is 1. The van der Waals surface area contributed by atoms with Crippen LogP contribution in [-0.2, 0) is 4.74 Å². The predicted octanol–water partition coefficient (Wildman–Crippen LogP) is 1.99. The molecule has 1 aliphatic heterocycles. The Bertz CT molecular complexity index is 460. The van der Waals surface area contributed by atoms with E-state index in [1.54, 1.807) is 0 Å². The highest BCUT2D eigenvalue weighted by Crippen LogP contribution is 2.24. The largest absolute Gasteiger partial charge is 0.478 e. The van der Waals surface area contributed by atoms with Crippen LogP contribution < -0.4 is 4.90 Å². The van der Waals surface area contributed by atoms with Crippen molar-refractivity contribution in [2.24, 2.45) is 0 Å². The zero-order valence-electron chi connectivity index (χ0n) is 8.14. The normalized spacial score (nSPS) is 15.1. The van der Waals surface area contributed by atoms with Crippen LogP contribution in [0, 0.1) is 0 Å². The summed E-state index contributed by atoms with van der Waals surface area (Å²) in [6.07, 6.45) is -0.487. The van der Waals surface area contributed by atoms with E-state index in [0.717, 1.165) is 0 Å². The van der Waals surface area contributed by atoms with Crippen molar-refractivity contribution in [2.75, 3.05) is 18.1 Å². The SMILES string of the molecule is O=C(O)c1cc(Cl)cc(N2CCOC2=O)c1. The van der Waals surface area contributed by atoms with Crippen LogP contribution in [0.25, 0.3) is 0 Å². The monoisotopic (exact) mass is 241 g/mol. The van der Waals surface area contributed by atoms with Crippen LogP contribution in [0.15, 0.2) is 18.2 Å². The van der Waals surface area contributed by atoms with Gasteiger partial charge in [-0.05, 0) is 18.2 Å². The van der Waals surface area contributed by atoms with E-state index in [-0.39, 0.29) is 10.6 Å². The Balaban J connectivity index is 2.40. The van der Waals surface area contributed by atoms with Gasteiger partial charge in [0.2, 0.25) is 0 Å². The molecule has 0 saturated carbocycles. The highest BCUT2D eigenvalue weighted by molar-refractivity contribution is 6.31. The van der Waals surface area contributed by atoms with Crippen LogP contribution in [0.4, 0.5) is 10.5 Å². The van der Waals surface area contributed by atoms with Gasteiger partial charge in [-0.2, -0.15) is 0 Å². The minimum Gasteiger partial charge on any atom is -0.478 e. The van der Waals surface area contributed by atoms with Gasteiger partial charge in [0, 0.05) is 10.7 Å². The first-order valence-corrected chi connectivity index (χ1v) is 4.94. The molecule has 1 heterocycles. The summed E-state index contributed by atoms with van der Waals surface area (Å²) in [5, 5.41) is 9.12. The minimum absolute atomic E-state index is 0.0437. The fourth-order valence-electron chi connectivity index (χ4n) is 1.48. The summed E-state index contributed by atoms with van der Waals surface area (Å²) in [6.45, 7) is 0.700. The highest BCUT2D eigenvalue weighted by atomic mass is 35.5. The molecular weight excluding hydrogens is 234 g/mol. The van der Waals surface area contributed by atoms with Gasteiger partial charge in [0.05, 0.1) is 12.1 Å². The lowest BCUT2D eigenvalue weighted by atomic mass is 10.2. The zero-order chi connectivity index (χ0) is 11.7. The molecule has 0 atom stereocenters. The van der Waals surface area contributed by atoms with Gasteiger partial charge in [0.15, 0.2) is 0 Å². The number of hydrogen-bond donors (Lipinski definition) is 1. The van der Waals surface area contributed by atoms with Gasteiger partial charge < -0.3 is 9.84 Å². The molecule has 5 nitrogen and oxygen atoms in total. The second kappa shape index (κ2) is 4.02. The summed E-state index contributed by atoms with van der Waals surface area (Å²) >= 11 is 5.78. The molecule has 1 aliphatic rings. The third-order valence-corrected chi connectivity index (χ3v) is 2.42. The van der Waals surface area contributed by atoms with Gasteiger partial charge in [-0.1, -0.05) is 11.6 Å². The maximum atomic E-state index is 11.3. The van der Waals surface area contributed by atoms with Gasteiger partial charge in [0.1, 0.15) is 6.61 Å². The van der Waals surface area contributed by atoms with Crippen molar-refractivity contribution in [3.05, 3.63) is 28.8 Å². The second-order valence-electron chi connectivity index (χ2n) is 3.27. The first-order valence-electron chi connectivity index (χ1n) is 4.56. The Labute approximate surface area is 96.2 Å². The maximum Gasteiger partial charge on any atom is 0.414 e. The number of carboxylic acids is 1. The van der Waals surface area contributed by atoms with Crippen molar-refractivity contribution in [2.45, 2.75) is 0 Å². The molecule has 6 heteroatoms. The molecule has 0 aliphatic carbocycles. The molecule has 1 aromatic rings. The Kier molecular flexibility index (Phi) is 2.70. The standard InChI is InChI=1S/C10H8ClNO4/c11-7-3-6(9(13)14)4-8(5-7)12-1-2-16-10(12)15/h3-5H,1-2H2,(H,13,14). The molecule has 1 aromatic carbocycles. The van der Waals surface area contributed by atoms with Gasteiger partial charge >= 0.3 is 12.1 Å². The van der Waals surface area contributed by atoms with Gasteiger partial charge in [-0.25, -0.2) is 9.59 Å². The number of carbonyl (C=O) groups is 2. The third kappa shape index (κ3) is 1.94. The van der Waals surface area contributed by atoms with E-state index in [0.29, 0.717) is 18.8 Å². The van der Waals surface area contributed by atoms with E-state index < -0.39 is 12.1 Å². The molecule has 1 amide bonds. The van der Waals surface area contributed by atoms with Crippen LogP contribution in [0.5, 0.6) is 0 Å². The molecule has 2 rings (SSSR count). The first kappa shape index (κ1) is 10.8.